The fourth-order valence-electron chi connectivity index (χ4n) is 2.90. The number of para-hydroxylation sites is 1. The van der Waals surface area contributed by atoms with Gasteiger partial charge < -0.3 is 10.2 Å². The highest BCUT2D eigenvalue weighted by Crippen LogP contribution is 2.24. The molecule has 0 aliphatic carbocycles. The maximum atomic E-state index is 14.5. The first kappa shape index (κ1) is 23.2. The summed E-state index contributed by atoms with van der Waals surface area (Å²) in [4.78, 5) is 14.2. The van der Waals surface area contributed by atoms with Crippen molar-refractivity contribution in [1.29, 1.82) is 0 Å². The van der Waals surface area contributed by atoms with Crippen LogP contribution in [0.25, 0.3) is 0 Å². The van der Waals surface area contributed by atoms with Gasteiger partial charge in [0.15, 0.2) is 0 Å². The Balaban J connectivity index is 1.80. The Kier molecular flexibility index (Phi) is 6.78. The van der Waals surface area contributed by atoms with Crippen LogP contribution in [0.3, 0.4) is 0 Å². The van der Waals surface area contributed by atoms with Crippen molar-refractivity contribution in [2.24, 2.45) is 0 Å². The summed E-state index contributed by atoms with van der Waals surface area (Å²) in [6.45, 7) is 3.86. The highest BCUT2D eigenvalue weighted by Gasteiger charge is 2.19. The molecule has 0 spiro atoms. The molecule has 0 aliphatic heterocycles. The van der Waals surface area contributed by atoms with Gasteiger partial charge in [-0.15, -0.1) is 0 Å². The van der Waals surface area contributed by atoms with Gasteiger partial charge in [-0.2, -0.15) is 0 Å². The maximum absolute atomic E-state index is 14.5. The summed E-state index contributed by atoms with van der Waals surface area (Å²) in [5, 5.41) is 2.56. The Morgan fingerprint density at radius 1 is 0.938 bits per heavy atom. The van der Waals surface area contributed by atoms with Crippen molar-refractivity contribution >= 4 is 33.0 Å². The summed E-state index contributed by atoms with van der Waals surface area (Å²) in [7, 11) is -2.36. The molecule has 0 atom stereocenters. The van der Waals surface area contributed by atoms with E-state index >= 15 is 0 Å². The van der Waals surface area contributed by atoms with Gasteiger partial charge in [-0.05, 0) is 62.4 Å². The summed E-state index contributed by atoms with van der Waals surface area (Å²) < 4.78 is 55.7. The Bertz CT molecular complexity index is 1250. The lowest BCUT2D eigenvalue weighted by atomic mass is 10.2. The minimum Gasteiger partial charge on any atom is -0.370 e. The first-order valence-corrected chi connectivity index (χ1v) is 11.3. The molecule has 3 rings (SSSR count). The number of hydrogen-bond acceptors (Lipinski definition) is 4. The Hall–Kier alpha value is -3.46. The Labute approximate surface area is 185 Å². The van der Waals surface area contributed by atoms with Crippen LogP contribution in [0.2, 0.25) is 0 Å². The molecule has 168 valence electrons. The smallest absolute Gasteiger partial charge is 0.262 e. The first-order valence-electron chi connectivity index (χ1n) is 9.79. The van der Waals surface area contributed by atoms with E-state index in [1.165, 1.54) is 42.5 Å². The fraction of sp³-hybridized carbons (Fsp3) is 0.174. The van der Waals surface area contributed by atoms with Crippen molar-refractivity contribution in [3.8, 4) is 0 Å². The van der Waals surface area contributed by atoms with Crippen molar-refractivity contribution in [3.05, 3.63) is 83.9 Å². The first-order chi connectivity index (χ1) is 15.1. The van der Waals surface area contributed by atoms with E-state index in [4.69, 9.17) is 0 Å². The maximum Gasteiger partial charge on any atom is 0.262 e. The molecule has 9 heteroatoms. The molecule has 0 heterocycles. The van der Waals surface area contributed by atoms with Crippen LogP contribution in [0, 0.1) is 11.6 Å². The molecule has 0 saturated heterocycles. The fourth-order valence-corrected chi connectivity index (χ4v) is 4.02. The van der Waals surface area contributed by atoms with Crippen molar-refractivity contribution in [3.63, 3.8) is 0 Å². The second-order valence-corrected chi connectivity index (χ2v) is 9.12. The third kappa shape index (κ3) is 5.23. The van der Waals surface area contributed by atoms with E-state index in [-0.39, 0.29) is 27.9 Å². The average molecular weight is 460 g/mol. The number of rotatable bonds is 7. The zero-order valence-electron chi connectivity index (χ0n) is 17.8. The van der Waals surface area contributed by atoms with Crippen LogP contribution >= 0.6 is 0 Å². The molecule has 0 bridgehead atoms. The molecule has 0 aliphatic rings. The number of carbonyl (C=O) groups excluding carboxylic acids is 1. The van der Waals surface area contributed by atoms with Crippen LogP contribution < -0.4 is 14.9 Å². The summed E-state index contributed by atoms with van der Waals surface area (Å²) in [5.74, 6) is -1.83. The van der Waals surface area contributed by atoms with Crippen molar-refractivity contribution in [2.45, 2.75) is 24.8 Å². The zero-order valence-corrected chi connectivity index (χ0v) is 18.6. The SMILES string of the molecule is CC(C)N(C)c1ccc(NC(=O)c2cccc(S(=O)(=O)Nc3ccccc3F)c2)cc1F. The molecular formula is C23H23F2N3O3S. The van der Waals surface area contributed by atoms with Crippen molar-refractivity contribution in [1.82, 2.24) is 0 Å². The molecule has 3 aromatic rings. The van der Waals surface area contributed by atoms with Gasteiger partial charge >= 0.3 is 0 Å². The number of benzene rings is 3. The van der Waals surface area contributed by atoms with Gasteiger partial charge in [-0.3, -0.25) is 9.52 Å². The normalized spacial score (nSPS) is 11.3. The van der Waals surface area contributed by atoms with E-state index in [9.17, 15) is 22.0 Å². The molecular weight excluding hydrogens is 436 g/mol. The number of anilines is 3. The standard InChI is InChI=1S/C23H23F2N3O3S/c1-15(2)28(3)22-12-11-17(14-20(22)25)26-23(29)16-7-6-8-18(13-16)32(30,31)27-21-10-5-4-9-19(21)24/h4-15,27H,1-3H3,(H,26,29). The van der Waals surface area contributed by atoms with Crippen LogP contribution in [0.4, 0.5) is 25.8 Å². The summed E-state index contributed by atoms with van der Waals surface area (Å²) in [6, 6.07) is 15.0. The van der Waals surface area contributed by atoms with Gasteiger partial charge in [-0.1, -0.05) is 18.2 Å². The summed E-state index contributed by atoms with van der Waals surface area (Å²) in [5.41, 5.74) is 0.464. The van der Waals surface area contributed by atoms with E-state index in [0.717, 1.165) is 12.1 Å². The molecule has 0 saturated carbocycles. The molecule has 3 aromatic carbocycles. The second-order valence-electron chi connectivity index (χ2n) is 7.44. The monoisotopic (exact) mass is 459 g/mol. The highest BCUT2D eigenvalue weighted by atomic mass is 32.2. The molecule has 2 N–H and O–H groups in total. The number of halogens is 2. The van der Waals surface area contributed by atoms with Gasteiger partial charge in [0.25, 0.3) is 15.9 Å². The number of amides is 1. The molecule has 0 fully saturated rings. The lowest BCUT2D eigenvalue weighted by Gasteiger charge is -2.24. The van der Waals surface area contributed by atoms with Crippen LogP contribution in [0.1, 0.15) is 24.2 Å². The van der Waals surface area contributed by atoms with Crippen LogP contribution in [0.15, 0.2) is 71.6 Å². The molecule has 0 unspecified atom stereocenters. The molecule has 32 heavy (non-hydrogen) atoms. The minimum absolute atomic E-state index is 0.0465. The lowest BCUT2D eigenvalue weighted by molar-refractivity contribution is 0.102. The van der Waals surface area contributed by atoms with Gasteiger partial charge in [-0.25, -0.2) is 17.2 Å². The molecule has 1 amide bonds. The quantitative estimate of drug-likeness (QED) is 0.529. The number of nitrogens with zero attached hydrogens (tertiary/aromatic N) is 1. The lowest BCUT2D eigenvalue weighted by Crippen LogP contribution is -2.26. The number of carbonyl (C=O) groups is 1. The van der Waals surface area contributed by atoms with E-state index < -0.39 is 27.6 Å². The third-order valence-electron chi connectivity index (χ3n) is 4.88. The molecule has 0 radical (unpaired) electrons. The van der Waals surface area contributed by atoms with E-state index in [2.05, 4.69) is 10.0 Å². The zero-order chi connectivity index (χ0) is 23.5. The highest BCUT2D eigenvalue weighted by molar-refractivity contribution is 7.92. The molecule has 6 nitrogen and oxygen atoms in total. The third-order valence-corrected chi connectivity index (χ3v) is 6.25. The van der Waals surface area contributed by atoms with E-state index in [1.54, 1.807) is 24.1 Å². The summed E-state index contributed by atoms with van der Waals surface area (Å²) >= 11 is 0. The van der Waals surface area contributed by atoms with Crippen molar-refractivity contribution < 1.29 is 22.0 Å². The average Bonchev–Trinajstić information content (AvgIpc) is 2.75. The van der Waals surface area contributed by atoms with E-state index in [1.807, 2.05) is 13.8 Å². The number of sulfonamides is 1. The van der Waals surface area contributed by atoms with Gasteiger partial charge in [0.1, 0.15) is 11.6 Å². The topological polar surface area (TPSA) is 78.5 Å². The second kappa shape index (κ2) is 9.35. The Morgan fingerprint density at radius 3 is 2.31 bits per heavy atom. The predicted octanol–water partition coefficient (Wildman–Crippen LogP) is 4.86. The summed E-state index contributed by atoms with van der Waals surface area (Å²) in [6.07, 6.45) is 0. The minimum atomic E-state index is -4.13. The van der Waals surface area contributed by atoms with Crippen LogP contribution in [-0.2, 0) is 10.0 Å². The predicted molar refractivity (Wildman–Crippen MR) is 122 cm³/mol. The van der Waals surface area contributed by atoms with E-state index in [0.29, 0.717) is 5.69 Å². The van der Waals surface area contributed by atoms with Crippen LogP contribution in [0.5, 0.6) is 0 Å². The molecule has 0 aromatic heterocycles. The van der Waals surface area contributed by atoms with Gasteiger partial charge in [0.2, 0.25) is 0 Å². The largest absolute Gasteiger partial charge is 0.370 e. The van der Waals surface area contributed by atoms with Gasteiger partial charge in [0.05, 0.1) is 16.3 Å². The van der Waals surface area contributed by atoms with Gasteiger partial charge in [0, 0.05) is 24.3 Å². The number of hydrogen-bond donors (Lipinski definition) is 2. The van der Waals surface area contributed by atoms with Crippen LogP contribution in [-0.4, -0.2) is 27.4 Å². The Morgan fingerprint density at radius 2 is 1.66 bits per heavy atom. The number of nitrogens with one attached hydrogen (secondary N) is 2. The van der Waals surface area contributed by atoms with Crippen molar-refractivity contribution in [2.75, 3.05) is 22.0 Å².